The quantitative estimate of drug-likeness (QED) is 0.870. The molecular formula is C8H7F3NO2S. The zero-order chi connectivity index (χ0) is 11.5. The van der Waals surface area contributed by atoms with E-state index in [1.54, 1.807) is 18.2 Å². The van der Waals surface area contributed by atoms with Crippen molar-refractivity contribution >= 4 is 10.0 Å². The van der Waals surface area contributed by atoms with Gasteiger partial charge in [-0.25, -0.2) is 8.42 Å². The molecule has 3 nitrogen and oxygen atoms in total. The maximum absolute atomic E-state index is 11.9. The van der Waals surface area contributed by atoms with Crippen molar-refractivity contribution in [1.29, 1.82) is 0 Å². The number of hydrogen-bond acceptors (Lipinski definition) is 2. The number of nitrogens with one attached hydrogen (secondary N) is 1. The molecule has 15 heavy (non-hydrogen) atoms. The Labute approximate surface area is 85.0 Å². The van der Waals surface area contributed by atoms with Crippen molar-refractivity contribution < 1.29 is 21.6 Å². The van der Waals surface area contributed by atoms with Crippen LogP contribution in [0.5, 0.6) is 0 Å². The molecule has 0 saturated carbocycles. The monoisotopic (exact) mass is 238 g/mol. The van der Waals surface area contributed by atoms with Gasteiger partial charge in [-0.05, 0) is 5.56 Å². The van der Waals surface area contributed by atoms with E-state index in [-0.39, 0.29) is 0 Å². The lowest BCUT2D eigenvalue weighted by atomic mass is 10.2. The fourth-order valence-electron chi connectivity index (χ4n) is 0.762. The first kappa shape index (κ1) is 12.0. The van der Waals surface area contributed by atoms with Gasteiger partial charge in [0.25, 0.3) is 0 Å². The van der Waals surface area contributed by atoms with Crippen LogP contribution in [0.15, 0.2) is 30.3 Å². The van der Waals surface area contributed by atoms with E-state index in [4.69, 9.17) is 0 Å². The van der Waals surface area contributed by atoms with Gasteiger partial charge in [-0.2, -0.15) is 17.9 Å². The van der Waals surface area contributed by atoms with Crippen LogP contribution in [0.3, 0.4) is 0 Å². The van der Waals surface area contributed by atoms with Gasteiger partial charge >= 0.3 is 15.5 Å². The summed E-state index contributed by atoms with van der Waals surface area (Å²) in [6.07, 6.45) is 0. The Hall–Kier alpha value is -1.08. The summed E-state index contributed by atoms with van der Waals surface area (Å²) in [5.41, 5.74) is -4.96. The van der Waals surface area contributed by atoms with Crippen LogP contribution in [0.4, 0.5) is 13.2 Å². The Morgan fingerprint density at radius 1 is 1.13 bits per heavy atom. The highest BCUT2D eigenvalue weighted by Crippen LogP contribution is 2.22. The van der Waals surface area contributed by atoms with Crippen LogP contribution in [-0.4, -0.2) is 13.9 Å². The summed E-state index contributed by atoms with van der Waals surface area (Å²) in [7, 11) is -5.30. The van der Waals surface area contributed by atoms with Gasteiger partial charge in [0.1, 0.15) is 0 Å². The van der Waals surface area contributed by atoms with Gasteiger partial charge in [-0.1, -0.05) is 30.3 Å². The van der Waals surface area contributed by atoms with Gasteiger partial charge in [0.2, 0.25) is 0 Å². The lowest BCUT2D eigenvalue weighted by Gasteiger charge is -2.08. The van der Waals surface area contributed by atoms with Crippen LogP contribution in [0.1, 0.15) is 5.56 Å². The molecule has 1 aromatic carbocycles. The summed E-state index contributed by atoms with van der Waals surface area (Å²) in [6.45, 7) is 0.781. The Balaban J connectivity index is 2.67. The van der Waals surface area contributed by atoms with E-state index in [1.807, 2.05) is 0 Å². The number of rotatable bonds is 3. The van der Waals surface area contributed by atoms with E-state index in [0.717, 1.165) is 6.54 Å². The maximum atomic E-state index is 11.9. The molecule has 0 spiro atoms. The smallest absolute Gasteiger partial charge is 0.203 e. The fourth-order valence-corrected chi connectivity index (χ4v) is 1.19. The van der Waals surface area contributed by atoms with Crippen LogP contribution in [0.25, 0.3) is 0 Å². The van der Waals surface area contributed by atoms with E-state index >= 15 is 0 Å². The molecule has 0 aliphatic heterocycles. The average molecular weight is 238 g/mol. The van der Waals surface area contributed by atoms with Crippen molar-refractivity contribution in [3.63, 3.8) is 0 Å². The van der Waals surface area contributed by atoms with Gasteiger partial charge < -0.3 is 0 Å². The van der Waals surface area contributed by atoms with Gasteiger partial charge in [-0.3, -0.25) is 0 Å². The zero-order valence-electron chi connectivity index (χ0n) is 7.32. The van der Waals surface area contributed by atoms with E-state index in [0.29, 0.717) is 5.56 Å². The summed E-state index contributed by atoms with van der Waals surface area (Å²) < 4.78 is 58.1. The zero-order valence-corrected chi connectivity index (χ0v) is 8.14. The Bertz CT molecular complexity index is 413. The van der Waals surface area contributed by atoms with Gasteiger partial charge in [0.15, 0.2) is 0 Å². The molecule has 0 unspecified atom stereocenters. The summed E-state index contributed by atoms with van der Waals surface area (Å²) in [6, 6.07) is 7.76. The van der Waals surface area contributed by atoms with Crippen LogP contribution >= 0.6 is 0 Å². The van der Waals surface area contributed by atoms with Crippen molar-refractivity contribution in [3.05, 3.63) is 42.4 Å². The number of alkyl halides is 3. The fraction of sp³-hybridized carbons (Fsp3) is 0.125. The third-order valence-electron chi connectivity index (χ3n) is 1.49. The maximum Gasteiger partial charge on any atom is 0.511 e. The van der Waals surface area contributed by atoms with Gasteiger partial charge in [0, 0.05) is 0 Å². The lowest BCUT2D eigenvalue weighted by molar-refractivity contribution is -0.0445. The second kappa shape index (κ2) is 4.19. The van der Waals surface area contributed by atoms with Crippen LogP contribution in [0.2, 0.25) is 0 Å². The average Bonchev–Trinajstić information content (AvgIpc) is 2.15. The minimum atomic E-state index is -5.30. The first-order chi connectivity index (χ1) is 6.83. The summed E-state index contributed by atoms with van der Waals surface area (Å²) in [4.78, 5) is 0. The number of hydrogen-bond donors (Lipinski definition) is 1. The van der Waals surface area contributed by atoms with Gasteiger partial charge in [0.05, 0.1) is 6.54 Å². The first-order valence-corrected chi connectivity index (χ1v) is 5.28. The molecule has 0 aliphatic carbocycles. The summed E-state index contributed by atoms with van der Waals surface area (Å²) >= 11 is 0. The first-order valence-electron chi connectivity index (χ1n) is 3.80. The van der Waals surface area contributed by atoms with Crippen molar-refractivity contribution in [1.82, 2.24) is 4.72 Å². The minimum Gasteiger partial charge on any atom is -0.203 e. The molecule has 7 heteroatoms. The molecule has 83 valence electrons. The van der Waals surface area contributed by atoms with Crippen LogP contribution in [-0.2, 0) is 10.0 Å². The van der Waals surface area contributed by atoms with Gasteiger partial charge in [-0.15, -0.1) is 0 Å². The standard InChI is InChI=1S/C8H7F3NO2S/c9-8(10,11)15(13,14)12-6-7-4-2-1-3-5-7/h1-6,12H. The number of benzene rings is 1. The third-order valence-corrected chi connectivity index (χ3v) is 2.52. The molecule has 1 N–H and O–H groups in total. The summed E-state index contributed by atoms with van der Waals surface area (Å²) in [5, 5.41) is 0. The van der Waals surface area contributed by atoms with Crippen molar-refractivity contribution in [3.8, 4) is 0 Å². The molecule has 0 atom stereocenters. The predicted molar refractivity (Wildman–Crippen MR) is 48.0 cm³/mol. The highest BCUT2D eigenvalue weighted by molar-refractivity contribution is 7.90. The second-order valence-electron chi connectivity index (χ2n) is 2.62. The molecule has 0 bridgehead atoms. The van der Waals surface area contributed by atoms with Crippen molar-refractivity contribution in [2.24, 2.45) is 0 Å². The molecule has 0 amide bonds. The number of halogens is 3. The number of sulfonamides is 1. The largest absolute Gasteiger partial charge is 0.511 e. The van der Waals surface area contributed by atoms with Crippen molar-refractivity contribution in [2.45, 2.75) is 5.51 Å². The Morgan fingerprint density at radius 3 is 2.13 bits per heavy atom. The SMILES string of the molecule is O=S(=O)(N[CH]c1ccccc1)C(F)(F)F. The van der Waals surface area contributed by atoms with E-state index in [9.17, 15) is 21.6 Å². The summed E-state index contributed by atoms with van der Waals surface area (Å²) in [5.74, 6) is 0. The molecule has 1 radical (unpaired) electrons. The minimum absolute atomic E-state index is 0.338. The van der Waals surface area contributed by atoms with E-state index in [2.05, 4.69) is 0 Å². The molecule has 0 fully saturated rings. The molecule has 0 aromatic heterocycles. The molecule has 0 heterocycles. The van der Waals surface area contributed by atoms with Crippen LogP contribution < -0.4 is 4.72 Å². The van der Waals surface area contributed by atoms with Crippen LogP contribution in [0, 0.1) is 6.54 Å². The Morgan fingerprint density at radius 2 is 1.67 bits per heavy atom. The predicted octanol–water partition coefficient (Wildman–Crippen LogP) is 1.64. The molecule has 0 saturated heterocycles. The van der Waals surface area contributed by atoms with Crippen molar-refractivity contribution in [2.75, 3.05) is 0 Å². The normalized spacial score (nSPS) is 12.7. The molecular weight excluding hydrogens is 231 g/mol. The highest BCUT2D eigenvalue weighted by atomic mass is 32.2. The molecule has 1 rings (SSSR count). The molecule has 0 aliphatic rings. The molecule has 1 aromatic rings. The highest BCUT2D eigenvalue weighted by Gasteiger charge is 2.45. The van der Waals surface area contributed by atoms with E-state index < -0.39 is 15.5 Å². The lowest BCUT2D eigenvalue weighted by Crippen LogP contribution is -2.35. The van der Waals surface area contributed by atoms with E-state index in [1.165, 1.54) is 16.9 Å². The third kappa shape index (κ3) is 3.21. The topological polar surface area (TPSA) is 46.2 Å². The second-order valence-corrected chi connectivity index (χ2v) is 4.33. The Kier molecular flexibility index (Phi) is 3.35.